The second-order valence-electron chi connectivity index (χ2n) is 5.57. The maximum absolute atomic E-state index is 11.8. The molecule has 3 N–H and O–H groups in total. The van der Waals surface area contributed by atoms with Gasteiger partial charge in [0, 0.05) is 18.2 Å². The van der Waals surface area contributed by atoms with Crippen molar-refractivity contribution >= 4 is 11.6 Å². The lowest BCUT2D eigenvalue weighted by atomic mass is 10.0. The summed E-state index contributed by atoms with van der Waals surface area (Å²) in [4.78, 5) is 11.8. The summed E-state index contributed by atoms with van der Waals surface area (Å²) in [6.45, 7) is 6.70. The van der Waals surface area contributed by atoms with Crippen molar-refractivity contribution in [1.29, 1.82) is 0 Å². The molecule has 2 atom stereocenters. The van der Waals surface area contributed by atoms with Crippen molar-refractivity contribution < 1.29 is 9.90 Å². The molecular weight excluding hydrogens is 252 g/mol. The van der Waals surface area contributed by atoms with E-state index in [2.05, 4.69) is 10.6 Å². The molecule has 0 saturated carbocycles. The molecule has 112 valence electrons. The van der Waals surface area contributed by atoms with Crippen LogP contribution in [0.25, 0.3) is 0 Å². The number of aliphatic hydroxyl groups is 1. The van der Waals surface area contributed by atoms with Gasteiger partial charge in [0.25, 0.3) is 0 Å². The smallest absolute Gasteiger partial charge is 0.225 e. The number of carbonyl (C=O) groups is 1. The Morgan fingerprint density at radius 3 is 2.45 bits per heavy atom. The monoisotopic (exact) mass is 278 g/mol. The fraction of sp³-hybridized carbons (Fsp3) is 0.562. The second-order valence-corrected chi connectivity index (χ2v) is 5.57. The third-order valence-corrected chi connectivity index (χ3v) is 3.25. The first-order valence-corrected chi connectivity index (χ1v) is 7.25. The first-order chi connectivity index (χ1) is 9.49. The molecule has 2 unspecified atom stereocenters. The zero-order valence-corrected chi connectivity index (χ0v) is 12.6. The van der Waals surface area contributed by atoms with Crippen LogP contribution in [0.3, 0.4) is 0 Å². The predicted molar refractivity (Wildman–Crippen MR) is 82.6 cm³/mol. The highest BCUT2D eigenvalue weighted by Gasteiger charge is 2.11. The predicted octanol–water partition coefficient (Wildman–Crippen LogP) is 2.40. The molecule has 0 aliphatic heterocycles. The minimum Gasteiger partial charge on any atom is -0.393 e. The maximum atomic E-state index is 11.8. The van der Waals surface area contributed by atoms with Crippen molar-refractivity contribution in [2.45, 2.75) is 45.8 Å². The van der Waals surface area contributed by atoms with Gasteiger partial charge in [-0.25, -0.2) is 0 Å². The van der Waals surface area contributed by atoms with Crippen LogP contribution in [0.15, 0.2) is 30.3 Å². The normalized spacial score (nSPS) is 14.1. The van der Waals surface area contributed by atoms with Gasteiger partial charge in [-0.2, -0.15) is 0 Å². The Hall–Kier alpha value is -1.39. The molecule has 1 amide bonds. The summed E-state index contributed by atoms with van der Waals surface area (Å²) in [7, 11) is 0. The van der Waals surface area contributed by atoms with Crippen molar-refractivity contribution in [3.63, 3.8) is 0 Å². The molecule has 1 aromatic rings. The summed E-state index contributed by atoms with van der Waals surface area (Å²) in [5.41, 5.74) is 0.819. The van der Waals surface area contributed by atoms with E-state index in [1.165, 1.54) is 0 Å². The molecule has 4 nitrogen and oxygen atoms in total. The molecule has 0 bridgehead atoms. The van der Waals surface area contributed by atoms with Gasteiger partial charge in [-0.1, -0.05) is 32.0 Å². The lowest BCUT2D eigenvalue weighted by Gasteiger charge is -2.17. The van der Waals surface area contributed by atoms with E-state index in [0.717, 1.165) is 12.2 Å². The Morgan fingerprint density at radius 2 is 1.85 bits per heavy atom. The molecule has 0 aliphatic carbocycles. The van der Waals surface area contributed by atoms with Gasteiger partial charge in [0.05, 0.1) is 6.10 Å². The number of amides is 1. The van der Waals surface area contributed by atoms with E-state index >= 15 is 0 Å². The van der Waals surface area contributed by atoms with E-state index in [9.17, 15) is 9.90 Å². The van der Waals surface area contributed by atoms with Gasteiger partial charge in [0.2, 0.25) is 5.91 Å². The fourth-order valence-corrected chi connectivity index (χ4v) is 1.89. The molecule has 0 saturated heterocycles. The van der Waals surface area contributed by atoms with Gasteiger partial charge in [0.15, 0.2) is 0 Å². The minimum atomic E-state index is -0.284. The molecule has 0 radical (unpaired) electrons. The largest absolute Gasteiger partial charge is 0.393 e. The summed E-state index contributed by atoms with van der Waals surface area (Å²) >= 11 is 0. The van der Waals surface area contributed by atoms with Crippen LogP contribution in [0.4, 0.5) is 5.69 Å². The highest BCUT2D eigenvalue weighted by Crippen LogP contribution is 2.07. The zero-order valence-electron chi connectivity index (χ0n) is 12.6. The van der Waals surface area contributed by atoms with Gasteiger partial charge in [-0.15, -0.1) is 0 Å². The second kappa shape index (κ2) is 8.72. The van der Waals surface area contributed by atoms with Crippen LogP contribution in [-0.4, -0.2) is 29.7 Å². The van der Waals surface area contributed by atoms with Crippen molar-refractivity contribution in [3.8, 4) is 0 Å². The quantitative estimate of drug-likeness (QED) is 0.684. The first-order valence-electron chi connectivity index (χ1n) is 7.25. The molecule has 1 rings (SSSR count). The summed E-state index contributed by atoms with van der Waals surface area (Å²) in [5.74, 6) is 0.272. The van der Waals surface area contributed by atoms with Gasteiger partial charge in [-0.05, 0) is 37.9 Å². The Kier molecular flexibility index (Phi) is 7.26. The summed E-state index contributed by atoms with van der Waals surface area (Å²) < 4.78 is 0. The number of benzene rings is 1. The molecular formula is C16H26N2O2. The Labute approximate surface area is 121 Å². The van der Waals surface area contributed by atoms with E-state index < -0.39 is 0 Å². The third kappa shape index (κ3) is 6.68. The fourth-order valence-electron chi connectivity index (χ4n) is 1.89. The topological polar surface area (TPSA) is 61.4 Å². The molecule has 0 heterocycles. The number of hydrogen-bond acceptors (Lipinski definition) is 3. The number of nitrogens with one attached hydrogen (secondary N) is 2. The SMILES string of the molecule is CC(CC(=O)Nc1ccccc1)NCCC(O)C(C)C. The maximum Gasteiger partial charge on any atom is 0.225 e. The number of para-hydroxylation sites is 1. The average Bonchev–Trinajstić information content (AvgIpc) is 2.39. The van der Waals surface area contributed by atoms with Crippen LogP contribution < -0.4 is 10.6 Å². The zero-order chi connectivity index (χ0) is 15.0. The summed E-state index contributed by atoms with van der Waals surface area (Å²) in [6, 6.07) is 9.54. The van der Waals surface area contributed by atoms with Crippen LogP contribution in [0, 0.1) is 5.92 Å². The van der Waals surface area contributed by atoms with Gasteiger partial charge >= 0.3 is 0 Å². The van der Waals surface area contributed by atoms with Crippen molar-refractivity contribution in [3.05, 3.63) is 30.3 Å². The van der Waals surface area contributed by atoms with Crippen molar-refractivity contribution in [1.82, 2.24) is 5.32 Å². The van der Waals surface area contributed by atoms with Crippen molar-refractivity contribution in [2.24, 2.45) is 5.92 Å². The van der Waals surface area contributed by atoms with Gasteiger partial charge in [-0.3, -0.25) is 4.79 Å². The number of hydrogen-bond donors (Lipinski definition) is 3. The molecule has 0 aromatic heterocycles. The highest BCUT2D eigenvalue weighted by molar-refractivity contribution is 5.90. The van der Waals surface area contributed by atoms with Crippen LogP contribution in [0.2, 0.25) is 0 Å². The first kappa shape index (κ1) is 16.7. The van der Waals surface area contributed by atoms with Gasteiger partial charge < -0.3 is 15.7 Å². The molecule has 1 aromatic carbocycles. The number of rotatable bonds is 8. The highest BCUT2D eigenvalue weighted by atomic mass is 16.3. The molecule has 0 aliphatic rings. The third-order valence-electron chi connectivity index (χ3n) is 3.25. The molecule has 20 heavy (non-hydrogen) atoms. The lowest BCUT2D eigenvalue weighted by molar-refractivity contribution is -0.116. The Bertz CT molecular complexity index is 393. The minimum absolute atomic E-state index is 0.000563. The van der Waals surface area contributed by atoms with E-state index in [-0.39, 0.29) is 24.0 Å². The standard InChI is InChI=1S/C16H26N2O2/c1-12(2)15(19)9-10-17-13(3)11-16(20)18-14-7-5-4-6-8-14/h4-8,12-13,15,17,19H,9-11H2,1-3H3,(H,18,20). The lowest BCUT2D eigenvalue weighted by Crippen LogP contribution is -2.33. The number of anilines is 1. The Balaban J connectivity index is 2.21. The van der Waals surface area contributed by atoms with E-state index in [4.69, 9.17) is 0 Å². The molecule has 0 fully saturated rings. The number of aliphatic hydroxyl groups excluding tert-OH is 1. The van der Waals surface area contributed by atoms with E-state index in [1.54, 1.807) is 0 Å². The Morgan fingerprint density at radius 1 is 1.20 bits per heavy atom. The van der Waals surface area contributed by atoms with Crippen LogP contribution in [0.5, 0.6) is 0 Å². The van der Waals surface area contributed by atoms with Crippen molar-refractivity contribution in [2.75, 3.05) is 11.9 Å². The van der Waals surface area contributed by atoms with Crippen LogP contribution in [-0.2, 0) is 4.79 Å². The average molecular weight is 278 g/mol. The van der Waals surface area contributed by atoms with Gasteiger partial charge in [0.1, 0.15) is 0 Å². The number of carbonyl (C=O) groups excluding carboxylic acids is 1. The molecule has 0 spiro atoms. The molecule has 4 heteroatoms. The van der Waals surface area contributed by atoms with E-state index in [0.29, 0.717) is 12.8 Å². The summed E-state index contributed by atoms with van der Waals surface area (Å²) in [5, 5.41) is 15.8. The van der Waals surface area contributed by atoms with Crippen LogP contribution in [0.1, 0.15) is 33.6 Å². The van der Waals surface area contributed by atoms with Crippen LogP contribution >= 0.6 is 0 Å². The van der Waals surface area contributed by atoms with E-state index in [1.807, 2.05) is 51.1 Å². The summed E-state index contributed by atoms with van der Waals surface area (Å²) in [6.07, 6.45) is 0.850.